The van der Waals surface area contributed by atoms with E-state index in [9.17, 15) is 5.11 Å². The number of allylic oxidation sites excluding steroid dienone is 1. The van der Waals surface area contributed by atoms with Gasteiger partial charge in [-0.15, -0.1) is 0 Å². The summed E-state index contributed by atoms with van der Waals surface area (Å²) in [5.41, 5.74) is 0. The monoisotopic (exact) mass is 188 g/mol. The van der Waals surface area contributed by atoms with E-state index in [2.05, 4.69) is 6.92 Å². The van der Waals surface area contributed by atoms with Crippen molar-refractivity contribution in [3.05, 3.63) is 12.2 Å². The number of thioether (sulfide) groups is 1. The molecule has 0 bridgehead atoms. The highest BCUT2D eigenvalue weighted by Crippen LogP contribution is 2.07. The Morgan fingerprint density at radius 2 is 2.17 bits per heavy atom. The van der Waals surface area contributed by atoms with E-state index < -0.39 is 0 Å². The van der Waals surface area contributed by atoms with Crippen molar-refractivity contribution in [2.45, 2.75) is 39.2 Å². The van der Waals surface area contributed by atoms with Gasteiger partial charge in [0, 0.05) is 0 Å². The van der Waals surface area contributed by atoms with E-state index >= 15 is 0 Å². The average Bonchev–Trinajstić information content (AvgIpc) is 2.05. The van der Waals surface area contributed by atoms with Crippen molar-refractivity contribution in [1.82, 2.24) is 0 Å². The third-order valence-electron chi connectivity index (χ3n) is 1.55. The summed E-state index contributed by atoms with van der Waals surface area (Å²) < 4.78 is 0. The lowest BCUT2D eigenvalue weighted by Gasteiger charge is -2.04. The molecule has 12 heavy (non-hydrogen) atoms. The Balaban J connectivity index is 3.08. The lowest BCUT2D eigenvalue weighted by atomic mass is 10.2. The smallest absolute Gasteiger partial charge is 0.0721 e. The van der Waals surface area contributed by atoms with Gasteiger partial charge >= 0.3 is 0 Å². The van der Waals surface area contributed by atoms with E-state index in [4.69, 9.17) is 0 Å². The number of aliphatic hydroxyl groups excluding tert-OH is 1. The number of rotatable bonds is 7. The minimum atomic E-state index is -0.225. The van der Waals surface area contributed by atoms with Crippen LogP contribution in [0.2, 0.25) is 0 Å². The lowest BCUT2D eigenvalue weighted by molar-refractivity contribution is 0.212. The van der Waals surface area contributed by atoms with Gasteiger partial charge in [-0.25, -0.2) is 0 Å². The van der Waals surface area contributed by atoms with Crippen LogP contribution in [0.1, 0.15) is 33.1 Å². The third kappa shape index (κ3) is 8.15. The van der Waals surface area contributed by atoms with Crippen LogP contribution >= 0.6 is 11.8 Å². The average molecular weight is 188 g/mol. The first-order chi connectivity index (χ1) is 5.81. The molecule has 0 heterocycles. The molecular formula is C10H20OS. The lowest BCUT2D eigenvalue weighted by Crippen LogP contribution is -2.01. The van der Waals surface area contributed by atoms with Gasteiger partial charge in [-0.1, -0.05) is 19.1 Å². The highest BCUT2D eigenvalue weighted by Gasteiger charge is 1.97. The molecule has 2 heteroatoms. The summed E-state index contributed by atoms with van der Waals surface area (Å²) in [5, 5.41) is 9.31. The fourth-order valence-corrected chi connectivity index (χ4v) is 1.82. The van der Waals surface area contributed by atoms with Crippen molar-refractivity contribution in [3.63, 3.8) is 0 Å². The molecule has 1 N–H and O–H groups in total. The summed E-state index contributed by atoms with van der Waals surface area (Å²) in [6.07, 6.45) is 6.81. The second kappa shape index (κ2) is 9.14. The van der Waals surface area contributed by atoms with Crippen LogP contribution < -0.4 is 0 Å². The van der Waals surface area contributed by atoms with Crippen LogP contribution in [-0.4, -0.2) is 22.7 Å². The molecule has 0 aromatic rings. The van der Waals surface area contributed by atoms with Crippen molar-refractivity contribution in [2.24, 2.45) is 0 Å². The van der Waals surface area contributed by atoms with Crippen LogP contribution in [0.4, 0.5) is 0 Å². The van der Waals surface area contributed by atoms with Crippen molar-refractivity contribution >= 4 is 11.8 Å². The fourth-order valence-electron chi connectivity index (χ4n) is 0.959. The van der Waals surface area contributed by atoms with Crippen molar-refractivity contribution in [3.8, 4) is 0 Å². The highest BCUT2D eigenvalue weighted by molar-refractivity contribution is 7.99. The Labute approximate surface area is 80.3 Å². The highest BCUT2D eigenvalue weighted by atomic mass is 32.2. The van der Waals surface area contributed by atoms with E-state index in [1.165, 1.54) is 17.9 Å². The van der Waals surface area contributed by atoms with Gasteiger partial charge in [0.15, 0.2) is 0 Å². The molecule has 0 radical (unpaired) electrons. The molecule has 0 spiro atoms. The predicted octanol–water partition coefficient (Wildman–Crippen LogP) is 2.85. The summed E-state index contributed by atoms with van der Waals surface area (Å²) in [6, 6.07) is 0. The van der Waals surface area contributed by atoms with Crippen LogP contribution in [0.25, 0.3) is 0 Å². The Bertz CT molecular complexity index is 112. The first kappa shape index (κ1) is 12.0. The van der Waals surface area contributed by atoms with Crippen molar-refractivity contribution < 1.29 is 5.11 Å². The van der Waals surface area contributed by atoms with Gasteiger partial charge < -0.3 is 5.11 Å². The molecule has 0 aliphatic carbocycles. The molecule has 1 nitrogen and oxygen atoms in total. The molecule has 0 saturated carbocycles. The Kier molecular flexibility index (Phi) is 9.18. The Morgan fingerprint density at radius 1 is 1.42 bits per heavy atom. The molecule has 0 aliphatic rings. The quantitative estimate of drug-likeness (QED) is 0.490. The molecule has 0 saturated heterocycles. The summed E-state index contributed by atoms with van der Waals surface area (Å²) >= 11 is 1.98. The molecule has 0 rings (SSSR count). The summed E-state index contributed by atoms with van der Waals surface area (Å²) in [6.45, 7) is 4.14. The van der Waals surface area contributed by atoms with E-state index in [1.807, 2.05) is 30.8 Å². The molecule has 0 aromatic heterocycles. The van der Waals surface area contributed by atoms with Crippen LogP contribution in [-0.2, 0) is 0 Å². The van der Waals surface area contributed by atoms with Gasteiger partial charge in [-0.3, -0.25) is 0 Å². The van der Waals surface area contributed by atoms with Gasteiger partial charge in [0.1, 0.15) is 0 Å². The number of hydrogen-bond donors (Lipinski definition) is 1. The molecule has 0 aromatic carbocycles. The zero-order valence-electron chi connectivity index (χ0n) is 8.12. The SMILES string of the molecule is C/C=C/[C@@H](O)CCCSCCC. The molecule has 0 amide bonds. The van der Waals surface area contributed by atoms with Crippen LogP contribution in [0.5, 0.6) is 0 Å². The Hall–Kier alpha value is 0.0500. The second-order valence-corrected chi connectivity index (χ2v) is 4.07. The minimum Gasteiger partial charge on any atom is -0.389 e. The van der Waals surface area contributed by atoms with Crippen molar-refractivity contribution in [2.75, 3.05) is 11.5 Å². The van der Waals surface area contributed by atoms with Gasteiger partial charge in [0.2, 0.25) is 0 Å². The largest absolute Gasteiger partial charge is 0.389 e. The zero-order chi connectivity index (χ0) is 9.23. The molecule has 1 atom stereocenters. The van der Waals surface area contributed by atoms with Gasteiger partial charge in [0.25, 0.3) is 0 Å². The maximum absolute atomic E-state index is 9.31. The van der Waals surface area contributed by atoms with Crippen molar-refractivity contribution in [1.29, 1.82) is 0 Å². The van der Waals surface area contributed by atoms with Gasteiger partial charge in [-0.2, -0.15) is 11.8 Å². The van der Waals surface area contributed by atoms with Gasteiger partial charge in [-0.05, 0) is 37.7 Å². The van der Waals surface area contributed by atoms with Gasteiger partial charge in [0.05, 0.1) is 6.10 Å². The van der Waals surface area contributed by atoms with E-state index in [0.29, 0.717) is 0 Å². The fraction of sp³-hybridized carbons (Fsp3) is 0.800. The summed E-state index contributed by atoms with van der Waals surface area (Å²) in [4.78, 5) is 0. The maximum atomic E-state index is 9.31. The predicted molar refractivity (Wildman–Crippen MR) is 57.7 cm³/mol. The van der Waals surface area contributed by atoms with E-state index in [0.717, 1.165) is 12.8 Å². The van der Waals surface area contributed by atoms with Crippen LogP contribution in [0, 0.1) is 0 Å². The second-order valence-electron chi connectivity index (χ2n) is 2.85. The molecule has 0 unspecified atom stereocenters. The molecule has 72 valence electrons. The van der Waals surface area contributed by atoms with Crippen LogP contribution in [0.3, 0.4) is 0 Å². The first-order valence-corrected chi connectivity index (χ1v) is 5.85. The Morgan fingerprint density at radius 3 is 2.75 bits per heavy atom. The summed E-state index contributed by atoms with van der Waals surface area (Å²) in [7, 11) is 0. The number of aliphatic hydroxyl groups is 1. The maximum Gasteiger partial charge on any atom is 0.0721 e. The normalized spacial score (nSPS) is 13.9. The first-order valence-electron chi connectivity index (χ1n) is 4.69. The molecule has 0 fully saturated rings. The van der Waals surface area contributed by atoms with E-state index in [1.54, 1.807) is 0 Å². The number of hydrogen-bond acceptors (Lipinski definition) is 2. The molecule has 0 aliphatic heterocycles. The zero-order valence-corrected chi connectivity index (χ0v) is 8.94. The third-order valence-corrected chi connectivity index (χ3v) is 2.83. The molecular weight excluding hydrogens is 168 g/mol. The van der Waals surface area contributed by atoms with E-state index in [-0.39, 0.29) is 6.10 Å². The van der Waals surface area contributed by atoms with Crippen LogP contribution in [0.15, 0.2) is 12.2 Å². The topological polar surface area (TPSA) is 20.2 Å². The summed E-state index contributed by atoms with van der Waals surface area (Å²) in [5.74, 6) is 2.43. The standard InChI is InChI=1S/C10H20OS/c1-3-6-10(11)7-5-9-12-8-4-2/h3,6,10-11H,4-5,7-9H2,1-2H3/b6-3+/t10-/m1/s1. The minimum absolute atomic E-state index is 0.225.